The summed E-state index contributed by atoms with van der Waals surface area (Å²) in [5.41, 5.74) is 3.55. The number of hydrogen-bond acceptors (Lipinski definition) is 6. The van der Waals surface area contributed by atoms with E-state index < -0.39 is 18.0 Å². The molecule has 0 heterocycles. The molecular formula is C25H22Cl2N2O5. The minimum atomic E-state index is -0.782. The molecule has 0 saturated carbocycles. The van der Waals surface area contributed by atoms with Gasteiger partial charge in [0.15, 0.2) is 6.10 Å². The lowest BCUT2D eigenvalue weighted by Gasteiger charge is -2.16. The van der Waals surface area contributed by atoms with Gasteiger partial charge in [0.1, 0.15) is 17.2 Å². The van der Waals surface area contributed by atoms with Gasteiger partial charge < -0.3 is 14.2 Å². The zero-order valence-corrected chi connectivity index (χ0v) is 20.0. The first-order chi connectivity index (χ1) is 16.4. The van der Waals surface area contributed by atoms with E-state index in [9.17, 15) is 9.59 Å². The Morgan fingerprint density at radius 2 is 1.68 bits per heavy atom. The van der Waals surface area contributed by atoms with Gasteiger partial charge in [-0.25, -0.2) is 10.2 Å². The first-order valence-corrected chi connectivity index (χ1v) is 11.1. The third-order valence-electron chi connectivity index (χ3n) is 4.63. The molecular weight excluding hydrogens is 479 g/mol. The lowest BCUT2D eigenvalue weighted by Crippen LogP contribution is -2.35. The molecule has 0 aliphatic rings. The first-order valence-electron chi connectivity index (χ1n) is 10.3. The molecule has 0 bridgehead atoms. The maximum atomic E-state index is 12.4. The second kappa shape index (κ2) is 12.1. The van der Waals surface area contributed by atoms with Crippen LogP contribution in [-0.2, 0) is 4.79 Å². The van der Waals surface area contributed by atoms with Crippen LogP contribution < -0.4 is 19.6 Å². The third-order valence-corrected chi connectivity index (χ3v) is 5.16. The van der Waals surface area contributed by atoms with Crippen molar-refractivity contribution in [2.75, 3.05) is 7.11 Å². The highest BCUT2D eigenvalue weighted by atomic mass is 35.5. The monoisotopic (exact) mass is 500 g/mol. The molecule has 0 aliphatic heterocycles. The Morgan fingerprint density at radius 3 is 2.29 bits per heavy atom. The lowest BCUT2D eigenvalue weighted by atomic mass is 10.2. The van der Waals surface area contributed by atoms with Crippen LogP contribution in [0.15, 0.2) is 71.8 Å². The average Bonchev–Trinajstić information content (AvgIpc) is 2.84. The van der Waals surface area contributed by atoms with Gasteiger partial charge in [-0.1, -0.05) is 30.1 Å². The predicted octanol–water partition coefficient (Wildman–Crippen LogP) is 5.53. The number of hydrogen-bond donors (Lipinski definition) is 1. The number of rotatable bonds is 9. The molecule has 1 amide bonds. The number of nitrogens with zero attached hydrogens (tertiary/aromatic N) is 1. The number of nitrogens with one attached hydrogen (secondary N) is 1. The van der Waals surface area contributed by atoms with E-state index in [0.717, 1.165) is 0 Å². The second-order valence-electron chi connectivity index (χ2n) is 7.01. The van der Waals surface area contributed by atoms with Crippen molar-refractivity contribution in [2.45, 2.75) is 19.4 Å². The van der Waals surface area contributed by atoms with Crippen molar-refractivity contribution < 1.29 is 23.8 Å². The van der Waals surface area contributed by atoms with E-state index in [1.165, 1.54) is 6.21 Å². The second-order valence-corrected chi connectivity index (χ2v) is 7.85. The summed E-state index contributed by atoms with van der Waals surface area (Å²) in [5, 5.41) is 4.75. The Labute approximate surface area is 207 Å². The van der Waals surface area contributed by atoms with Crippen LogP contribution in [0.2, 0.25) is 10.0 Å². The number of methoxy groups -OCH3 is 1. The smallest absolute Gasteiger partial charge is 0.343 e. The van der Waals surface area contributed by atoms with Crippen LogP contribution in [0.1, 0.15) is 29.3 Å². The number of benzene rings is 3. The number of carbonyl (C=O) groups excluding carboxylic acids is 2. The molecule has 0 aliphatic carbocycles. The van der Waals surface area contributed by atoms with Crippen molar-refractivity contribution in [1.29, 1.82) is 0 Å². The molecule has 34 heavy (non-hydrogen) atoms. The van der Waals surface area contributed by atoms with E-state index in [-0.39, 0.29) is 0 Å². The molecule has 0 fully saturated rings. The fourth-order valence-corrected chi connectivity index (χ4v) is 3.26. The molecule has 7 nitrogen and oxygen atoms in total. The summed E-state index contributed by atoms with van der Waals surface area (Å²) in [7, 11) is 1.55. The van der Waals surface area contributed by atoms with Gasteiger partial charge in [-0.2, -0.15) is 5.10 Å². The lowest BCUT2D eigenvalue weighted by molar-refractivity contribution is -0.128. The highest BCUT2D eigenvalue weighted by Crippen LogP contribution is 2.28. The average molecular weight is 501 g/mol. The van der Waals surface area contributed by atoms with Crippen molar-refractivity contribution in [3.8, 4) is 17.2 Å². The van der Waals surface area contributed by atoms with Gasteiger partial charge in [-0.3, -0.25) is 4.79 Å². The molecule has 0 saturated heterocycles. The normalized spacial score (nSPS) is 11.6. The number of amides is 1. The van der Waals surface area contributed by atoms with E-state index in [4.69, 9.17) is 37.4 Å². The molecule has 0 unspecified atom stereocenters. The maximum absolute atomic E-state index is 12.4. The van der Waals surface area contributed by atoms with Crippen LogP contribution in [0, 0.1) is 0 Å². The summed E-state index contributed by atoms with van der Waals surface area (Å²) in [4.78, 5) is 24.7. The molecule has 176 valence electrons. The van der Waals surface area contributed by atoms with Crippen molar-refractivity contribution in [3.63, 3.8) is 0 Å². The summed E-state index contributed by atoms with van der Waals surface area (Å²) in [6.07, 6.45) is 1.10. The first kappa shape index (κ1) is 25.1. The van der Waals surface area contributed by atoms with E-state index in [1.54, 1.807) is 73.8 Å². The van der Waals surface area contributed by atoms with Crippen LogP contribution in [0.4, 0.5) is 0 Å². The molecule has 1 N–H and O–H groups in total. The SMILES string of the molecule is CC[C@H](Oc1ccc(Cl)cc1Cl)C(=O)N/N=C\c1ccc(OC(=O)c2ccc(OC)cc2)cc1. The largest absolute Gasteiger partial charge is 0.497 e. The van der Waals surface area contributed by atoms with Crippen LogP contribution in [0.5, 0.6) is 17.2 Å². The molecule has 0 aromatic heterocycles. The maximum Gasteiger partial charge on any atom is 0.343 e. The van der Waals surface area contributed by atoms with Crippen molar-refractivity contribution in [1.82, 2.24) is 5.43 Å². The Kier molecular flexibility index (Phi) is 8.90. The molecule has 3 rings (SSSR count). The molecule has 1 atom stereocenters. The predicted molar refractivity (Wildman–Crippen MR) is 131 cm³/mol. The molecule has 3 aromatic rings. The Hall–Kier alpha value is -3.55. The van der Waals surface area contributed by atoms with Gasteiger partial charge in [0.25, 0.3) is 5.91 Å². The van der Waals surface area contributed by atoms with Gasteiger partial charge in [0, 0.05) is 5.02 Å². The minimum Gasteiger partial charge on any atom is -0.497 e. The van der Waals surface area contributed by atoms with Crippen LogP contribution in [0.25, 0.3) is 0 Å². The third kappa shape index (κ3) is 6.97. The van der Waals surface area contributed by atoms with Crippen LogP contribution in [0.3, 0.4) is 0 Å². The van der Waals surface area contributed by atoms with E-state index >= 15 is 0 Å². The standard InChI is InChI=1S/C25H22Cl2N2O5/c1-3-22(34-23-13-8-18(26)14-21(23)27)24(30)29-28-15-16-4-9-20(10-5-16)33-25(31)17-6-11-19(32-2)12-7-17/h4-15,22H,3H2,1-2H3,(H,29,30)/b28-15-/t22-/m0/s1. The molecule has 3 aromatic carbocycles. The summed E-state index contributed by atoms with van der Waals surface area (Å²) < 4.78 is 16.1. The van der Waals surface area contributed by atoms with Gasteiger partial charge in [-0.15, -0.1) is 0 Å². The van der Waals surface area contributed by atoms with Gasteiger partial charge >= 0.3 is 5.97 Å². The quantitative estimate of drug-likeness (QED) is 0.180. The molecule has 9 heteroatoms. The molecule has 0 spiro atoms. The van der Waals surface area contributed by atoms with Gasteiger partial charge in [0.05, 0.1) is 23.9 Å². The number of carbonyl (C=O) groups is 2. The van der Waals surface area contributed by atoms with Gasteiger partial charge in [0.2, 0.25) is 0 Å². The Morgan fingerprint density at radius 1 is 1.00 bits per heavy atom. The fraction of sp³-hybridized carbons (Fsp3) is 0.160. The fourth-order valence-electron chi connectivity index (χ4n) is 2.80. The Bertz CT molecular complexity index is 1160. The number of ether oxygens (including phenoxy) is 3. The number of halogens is 2. The minimum absolute atomic E-state index is 0.315. The summed E-state index contributed by atoms with van der Waals surface area (Å²) in [5.74, 6) is 0.480. The topological polar surface area (TPSA) is 86.2 Å². The van der Waals surface area contributed by atoms with E-state index in [1.807, 2.05) is 6.92 Å². The number of esters is 1. The highest BCUT2D eigenvalue weighted by molar-refractivity contribution is 6.35. The zero-order chi connectivity index (χ0) is 24.5. The summed E-state index contributed by atoms with van der Waals surface area (Å²) in [6.45, 7) is 1.81. The summed E-state index contributed by atoms with van der Waals surface area (Å²) >= 11 is 12.0. The summed E-state index contributed by atoms with van der Waals surface area (Å²) in [6, 6.07) is 18.1. The van der Waals surface area contributed by atoms with Crippen molar-refractivity contribution in [2.24, 2.45) is 5.10 Å². The Balaban J connectivity index is 1.53. The zero-order valence-electron chi connectivity index (χ0n) is 18.5. The van der Waals surface area contributed by atoms with Crippen molar-refractivity contribution in [3.05, 3.63) is 87.9 Å². The van der Waals surface area contributed by atoms with E-state index in [0.29, 0.717) is 44.8 Å². The van der Waals surface area contributed by atoms with E-state index in [2.05, 4.69) is 10.5 Å². The van der Waals surface area contributed by atoms with Crippen LogP contribution in [-0.4, -0.2) is 31.3 Å². The van der Waals surface area contributed by atoms with Crippen molar-refractivity contribution >= 4 is 41.3 Å². The number of hydrazone groups is 1. The van der Waals surface area contributed by atoms with Crippen LogP contribution >= 0.6 is 23.2 Å². The van der Waals surface area contributed by atoms with Gasteiger partial charge in [-0.05, 0) is 78.7 Å². The molecule has 0 radical (unpaired) electrons. The highest BCUT2D eigenvalue weighted by Gasteiger charge is 2.19.